The summed E-state index contributed by atoms with van der Waals surface area (Å²) in [4.78, 5) is 12.9. The second-order valence-corrected chi connectivity index (χ2v) is 13.1. The van der Waals surface area contributed by atoms with E-state index in [9.17, 15) is 13.2 Å². The molecule has 2 fully saturated rings. The number of methoxy groups -OCH3 is 1. The summed E-state index contributed by atoms with van der Waals surface area (Å²) in [5, 5.41) is 0.679. The van der Waals surface area contributed by atoms with E-state index in [1.54, 1.807) is 24.3 Å². The Kier molecular flexibility index (Phi) is 9.53. The highest BCUT2D eigenvalue weighted by Crippen LogP contribution is 2.31. The molecule has 0 bridgehead atoms. The monoisotopic (exact) mass is 597 g/mol. The molecule has 218 valence electrons. The normalized spacial score (nSPS) is 20.3. The number of nitrogens with zero attached hydrogens (tertiary/aromatic N) is 1. The number of halogens is 1. The van der Waals surface area contributed by atoms with Gasteiger partial charge in [-0.15, -0.1) is 0 Å². The Morgan fingerprint density at radius 1 is 0.854 bits per heavy atom. The van der Waals surface area contributed by atoms with Crippen LogP contribution in [0.15, 0.2) is 77.7 Å². The van der Waals surface area contributed by atoms with Crippen molar-refractivity contribution in [3.05, 3.63) is 77.8 Å². The molecule has 1 saturated carbocycles. The number of hydrogen-bond donors (Lipinski definition) is 0. The van der Waals surface area contributed by atoms with Gasteiger partial charge in [0, 0.05) is 18.0 Å². The number of hydrogen-bond acceptors (Lipinski definition) is 6. The highest BCUT2D eigenvalue weighted by Gasteiger charge is 2.42. The van der Waals surface area contributed by atoms with E-state index < -0.39 is 22.0 Å². The van der Waals surface area contributed by atoms with E-state index in [2.05, 4.69) is 0 Å². The Balaban J connectivity index is 1.23. The van der Waals surface area contributed by atoms with Crippen molar-refractivity contribution in [3.8, 4) is 22.6 Å². The standard InChI is InChI=1S/C32H36ClNO6S/c1-38-32(35)31-21-29(40-28-13-9-25(10-14-28)24-7-11-26(33)12-8-24)19-20-34(31)41(36,37)30-17-15-27(16-18-30)39-22-23-5-3-2-4-6-23/h7-18,23,29,31H,2-6,19-22H2,1H3/t29-,31-/m1/s1. The van der Waals surface area contributed by atoms with E-state index >= 15 is 0 Å². The van der Waals surface area contributed by atoms with Crippen LogP contribution < -0.4 is 9.47 Å². The minimum absolute atomic E-state index is 0.119. The first-order valence-corrected chi connectivity index (χ1v) is 16.0. The van der Waals surface area contributed by atoms with Crippen molar-refractivity contribution in [1.82, 2.24) is 4.31 Å². The van der Waals surface area contributed by atoms with Crippen molar-refractivity contribution in [2.45, 2.75) is 62.0 Å². The zero-order valence-electron chi connectivity index (χ0n) is 23.2. The molecule has 3 aromatic carbocycles. The Morgan fingerprint density at radius 2 is 1.46 bits per heavy atom. The predicted octanol–water partition coefficient (Wildman–Crippen LogP) is 6.74. The topological polar surface area (TPSA) is 82.1 Å². The van der Waals surface area contributed by atoms with E-state index in [1.165, 1.54) is 43.5 Å². The number of carbonyl (C=O) groups excluding carboxylic acids is 1. The summed E-state index contributed by atoms with van der Waals surface area (Å²) >= 11 is 5.99. The predicted molar refractivity (Wildman–Crippen MR) is 159 cm³/mol. The van der Waals surface area contributed by atoms with Crippen LogP contribution in [0.1, 0.15) is 44.9 Å². The second-order valence-electron chi connectivity index (χ2n) is 10.7. The van der Waals surface area contributed by atoms with Gasteiger partial charge in [0.05, 0.1) is 18.6 Å². The van der Waals surface area contributed by atoms with Crippen molar-refractivity contribution < 1.29 is 27.4 Å². The quantitative estimate of drug-likeness (QED) is 0.254. The largest absolute Gasteiger partial charge is 0.493 e. The Labute approximate surface area is 247 Å². The molecule has 0 radical (unpaired) electrons. The fourth-order valence-corrected chi connectivity index (χ4v) is 7.36. The van der Waals surface area contributed by atoms with Gasteiger partial charge in [0.25, 0.3) is 0 Å². The SMILES string of the molecule is COC(=O)[C@H]1C[C@H](Oc2ccc(-c3ccc(Cl)cc3)cc2)CCN1S(=O)(=O)c1ccc(OCC2CCCCC2)cc1. The van der Waals surface area contributed by atoms with Gasteiger partial charge >= 0.3 is 5.97 Å². The highest BCUT2D eigenvalue weighted by atomic mass is 35.5. The molecule has 0 amide bonds. The summed E-state index contributed by atoms with van der Waals surface area (Å²) < 4.78 is 45.6. The molecular formula is C32H36ClNO6S. The van der Waals surface area contributed by atoms with E-state index in [1.807, 2.05) is 48.5 Å². The molecule has 2 aliphatic rings. The molecular weight excluding hydrogens is 562 g/mol. The minimum atomic E-state index is -3.94. The number of carbonyl (C=O) groups is 1. The number of sulfonamides is 1. The molecule has 7 nitrogen and oxygen atoms in total. The van der Waals surface area contributed by atoms with Gasteiger partial charge in [0.15, 0.2) is 0 Å². The first-order valence-electron chi connectivity index (χ1n) is 14.2. The molecule has 1 saturated heterocycles. The summed E-state index contributed by atoms with van der Waals surface area (Å²) in [6.07, 6.45) is 6.41. The average molecular weight is 598 g/mol. The van der Waals surface area contributed by atoms with E-state index in [0.29, 0.717) is 35.5 Å². The zero-order chi connectivity index (χ0) is 28.8. The molecule has 2 atom stereocenters. The van der Waals surface area contributed by atoms with Gasteiger partial charge in [-0.25, -0.2) is 8.42 Å². The van der Waals surface area contributed by atoms with E-state index in [-0.39, 0.29) is 24.0 Å². The molecule has 5 rings (SSSR count). The maximum atomic E-state index is 13.6. The molecule has 0 aromatic heterocycles. The van der Waals surface area contributed by atoms with Crippen molar-refractivity contribution in [3.63, 3.8) is 0 Å². The van der Waals surface area contributed by atoms with Crippen molar-refractivity contribution in [2.24, 2.45) is 5.92 Å². The fraction of sp³-hybridized carbons (Fsp3) is 0.406. The summed E-state index contributed by atoms with van der Waals surface area (Å²) in [7, 11) is -2.67. The zero-order valence-corrected chi connectivity index (χ0v) is 24.8. The van der Waals surface area contributed by atoms with Crippen LogP contribution >= 0.6 is 11.6 Å². The lowest BCUT2D eigenvalue weighted by atomic mass is 9.90. The summed E-state index contributed by atoms with van der Waals surface area (Å²) in [6.45, 7) is 0.781. The third-order valence-electron chi connectivity index (χ3n) is 7.95. The molecule has 0 unspecified atom stereocenters. The van der Waals surface area contributed by atoms with Crippen molar-refractivity contribution in [1.29, 1.82) is 0 Å². The van der Waals surface area contributed by atoms with Gasteiger partial charge in [-0.1, -0.05) is 55.1 Å². The van der Waals surface area contributed by atoms with Crippen LogP contribution in [0.3, 0.4) is 0 Å². The summed E-state index contributed by atoms with van der Waals surface area (Å²) in [6, 6.07) is 20.7. The number of ether oxygens (including phenoxy) is 3. The van der Waals surface area contributed by atoms with Gasteiger partial charge in [0.2, 0.25) is 10.0 Å². The van der Waals surface area contributed by atoms with Crippen LogP contribution in [0, 0.1) is 5.92 Å². The first kappa shape index (κ1) is 29.4. The maximum Gasteiger partial charge on any atom is 0.324 e. The molecule has 1 aliphatic heterocycles. The lowest BCUT2D eigenvalue weighted by Gasteiger charge is -2.36. The van der Waals surface area contributed by atoms with Gasteiger partial charge < -0.3 is 14.2 Å². The van der Waals surface area contributed by atoms with Crippen LogP contribution in [0.5, 0.6) is 11.5 Å². The molecule has 1 heterocycles. The third-order valence-corrected chi connectivity index (χ3v) is 10.1. The summed E-state index contributed by atoms with van der Waals surface area (Å²) in [5.41, 5.74) is 2.06. The van der Waals surface area contributed by atoms with Gasteiger partial charge in [-0.05, 0) is 84.8 Å². The number of rotatable bonds is 9. The number of benzene rings is 3. The number of esters is 1. The Morgan fingerprint density at radius 3 is 2.10 bits per heavy atom. The van der Waals surface area contributed by atoms with Crippen LogP contribution in [-0.2, 0) is 19.6 Å². The smallest absolute Gasteiger partial charge is 0.324 e. The van der Waals surface area contributed by atoms with Gasteiger partial charge in [0.1, 0.15) is 23.6 Å². The van der Waals surface area contributed by atoms with Gasteiger partial charge in [-0.2, -0.15) is 4.31 Å². The minimum Gasteiger partial charge on any atom is -0.493 e. The van der Waals surface area contributed by atoms with Gasteiger partial charge in [-0.3, -0.25) is 4.79 Å². The van der Waals surface area contributed by atoms with Crippen molar-refractivity contribution >= 4 is 27.6 Å². The molecule has 0 spiro atoms. The van der Waals surface area contributed by atoms with E-state index in [0.717, 1.165) is 11.1 Å². The molecule has 3 aromatic rings. The molecule has 41 heavy (non-hydrogen) atoms. The molecule has 1 aliphatic carbocycles. The maximum absolute atomic E-state index is 13.6. The summed E-state index contributed by atoms with van der Waals surface area (Å²) in [5.74, 6) is 1.25. The lowest BCUT2D eigenvalue weighted by Crippen LogP contribution is -2.52. The first-order chi connectivity index (χ1) is 19.8. The second kappa shape index (κ2) is 13.3. The molecule has 9 heteroatoms. The Hall–Kier alpha value is -3.07. The van der Waals surface area contributed by atoms with Crippen LogP contribution in [0.2, 0.25) is 5.02 Å². The van der Waals surface area contributed by atoms with Crippen LogP contribution in [0.25, 0.3) is 11.1 Å². The van der Waals surface area contributed by atoms with Crippen LogP contribution in [0.4, 0.5) is 0 Å². The lowest BCUT2D eigenvalue weighted by molar-refractivity contribution is -0.147. The highest BCUT2D eigenvalue weighted by molar-refractivity contribution is 7.89. The Bertz CT molecular complexity index is 1400. The third kappa shape index (κ3) is 7.23. The van der Waals surface area contributed by atoms with Crippen LogP contribution in [-0.4, -0.2) is 51.1 Å². The van der Waals surface area contributed by atoms with E-state index in [4.69, 9.17) is 25.8 Å². The molecule has 0 N–H and O–H groups in total. The number of piperidine rings is 1. The fourth-order valence-electron chi connectivity index (χ4n) is 5.63. The van der Waals surface area contributed by atoms with Crippen molar-refractivity contribution in [2.75, 3.05) is 20.3 Å². The average Bonchev–Trinajstić information content (AvgIpc) is 3.01.